The molecule has 0 spiro atoms. The van der Waals surface area contributed by atoms with E-state index in [1.165, 1.54) is 25.3 Å². The molecule has 5 nitrogen and oxygen atoms in total. The Kier molecular flexibility index (Phi) is 4.34. The van der Waals surface area contributed by atoms with E-state index < -0.39 is 18.2 Å². The van der Waals surface area contributed by atoms with Gasteiger partial charge in [0.2, 0.25) is 0 Å². The molecular formula is C12H16O5. The summed E-state index contributed by atoms with van der Waals surface area (Å²) < 4.78 is 10.5. The van der Waals surface area contributed by atoms with Gasteiger partial charge in [-0.2, -0.15) is 0 Å². The van der Waals surface area contributed by atoms with Gasteiger partial charge in [0.1, 0.15) is 6.10 Å². The minimum Gasteiger partial charge on any atom is -0.493 e. The Balaban J connectivity index is 2.96. The molecule has 2 atom stereocenters. The highest BCUT2D eigenvalue weighted by atomic mass is 16.5. The van der Waals surface area contributed by atoms with Crippen LogP contribution < -0.4 is 9.47 Å². The fraction of sp³-hybridized carbons (Fsp3) is 0.417. The summed E-state index contributed by atoms with van der Waals surface area (Å²) in [6.45, 7) is 3.33. The Bertz CT molecular complexity index is 400. The van der Waals surface area contributed by atoms with E-state index in [1.54, 1.807) is 13.8 Å². The van der Waals surface area contributed by atoms with Crippen molar-refractivity contribution in [2.45, 2.75) is 26.1 Å². The molecule has 2 N–H and O–H groups in total. The maximum Gasteiger partial charge on any atom is 0.335 e. The zero-order valence-corrected chi connectivity index (χ0v) is 10.0. The van der Waals surface area contributed by atoms with Crippen LogP contribution in [-0.4, -0.2) is 35.5 Å². The molecule has 94 valence electrons. The van der Waals surface area contributed by atoms with Crippen LogP contribution in [-0.2, 0) is 0 Å². The normalized spacial score (nSPS) is 13.9. The first-order valence-electron chi connectivity index (χ1n) is 5.21. The predicted octanol–water partition coefficient (Wildman–Crippen LogP) is 1.54. The zero-order valence-electron chi connectivity index (χ0n) is 10.0. The molecule has 1 aromatic rings. The van der Waals surface area contributed by atoms with E-state index in [1.807, 2.05) is 0 Å². The fourth-order valence-electron chi connectivity index (χ4n) is 1.20. The van der Waals surface area contributed by atoms with Crippen molar-refractivity contribution in [1.82, 2.24) is 0 Å². The molecule has 0 radical (unpaired) electrons. The van der Waals surface area contributed by atoms with Crippen LogP contribution in [0.3, 0.4) is 0 Å². The highest BCUT2D eigenvalue weighted by molar-refractivity contribution is 5.88. The van der Waals surface area contributed by atoms with Crippen molar-refractivity contribution in [2.75, 3.05) is 7.11 Å². The Hall–Kier alpha value is -1.75. The monoisotopic (exact) mass is 240 g/mol. The summed E-state index contributed by atoms with van der Waals surface area (Å²) in [5.41, 5.74) is 0.124. The molecule has 5 heteroatoms. The highest BCUT2D eigenvalue weighted by Crippen LogP contribution is 2.29. The largest absolute Gasteiger partial charge is 0.493 e. The van der Waals surface area contributed by atoms with Crippen molar-refractivity contribution >= 4 is 5.97 Å². The van der Waals surface area contributed by atoms with Crippen LogP contribution in [0.5, 0.6) is 11.5 Å². The van der Waals surface area contributed by atoms with Crippen molar-refractivity contribution in [2.24, 2.45) is 0 Å². The first-order chi connectivity index (χ1) is 7.95. The van der Waals surface area contributed by atoms with Crippen LogP contribution in [0.15, 0.2) is 18.2 Å². The minimum absolute atomic E-state index is 0.124. The molecule has 0 saturated carbocycles. The van der Waals surface area contributed by atoms with Crippen LogP contribution in [0.4, 0.5) is 0 Å². The number of carbonyl (C=O) groups is 1. The lowest BCUT2D eigenvalue weighted by atomic mass is 10.2. The number of hydrogen-bond donors (Lipinski definition) is 2. The Morgan fingerprint density at radius 2 is 1.94 bits per heavy atom. The van der Waals surface area contributed by atoms with Crippen LogP contribution in [0.1, 0.15) is 24.2 Å². The number of aromatic carboxylic acids is 1. The number of benzene rings is 1. The molecule has 0 amide bonds. The fourth-order valence-corrected chi connectivity index (χ4v) is 1.20. The number of rotatable bonds is 5. The van der Waals surface area contributed by atoms with E-state index in [0.717, 1.165) is 0 Å². The van der Waals surface area contributed by atoms with Gasteiger partial charge in [0.05, 0.1) is 18.8 Å². The maximum atomic E-state index is 10.8. The van der Waals surface area contributed by atoms with E-state index in [0.29, 0.717) is 11.5 Å². The van der Waals surface area contributed by atoms with Gasteiger partial charge in [-0.3, -0.25) is 0 Å². The van der Waals surface area contributed by atoms with Gasteiger partial charge in [-0.1, -0.05) is 0 Å². The van der Waals surface area contributed by atoms with Gasteiger partial charge in [0.15, 0.2) is 11.5 Å². The molecule has 1 aromatic carbocycles. The quantitative estimate of drug-likeness (QED) is 0.816. The number of aliphatic hydroxyl groups is 1. The molecule has 17 heavy (non-hydrogen) atoms. The van der Waals surface area contributed by atoms with Crippen LogP contribution in [0, 0.1) is 0 Å². The predicted molar refractivity (Wildman–Crippen MR) is 61.7 cm³/mol. The number of carboxylic acid groups (broad SMARTS) is 1. The first kappa shape index (κ1) is 13.3. The lowest BCUT2D eigenvalue weighted by Gasteiger charge is -2.19. The molecular weight excluding hydrogens is 224 g/mol. The van der Waals surface area contributed by atoms with Gasteiger partial charge in [0.25, 0.3) is 0 Å². The van der Waals surface area contributed by atoms with Crippen molar-refractivity contribution < 1.29 is 24.5 Å². The van der Waals surface area contributed by atoms with Gasteiger partial charge >= 0.3 is 5.97 Å². The lowest BCUT2D eigenvalue weighted by Crippen LogP contribution is -2.25. The Morgan fingerprint density at radius 1 is 1.29 bits per heavy atom. The van der Waals surface area contributed by atoms with E-state index >= 15 is 0 Å². The standard InChI is InChI=1S/C12H16O5/c1-7(13)8(2)17-10-5-4-9(12(14)15)6-11(10)16-3/h4-8,13H,1-3H3,(H,14,15). The van der Waals surface area contributed by atoms with Gasteiger partial charge in [0, 0.05) is 0 Å². The van der Waals surface area contributed by atoms with E-state index in [9.17, 15) is 9.90 Å². The molecule has 1 rings (SSSR count). The number of ether oxygens (including phenoxy) is 2. The lowest BCUT2D eigenvalue weighted by molar-refractivity contribution is 0.0585. The van der Waals surface area contributed by atoms with Crippen molar-refractivity contribution in [3.63, 3.8) is 0 Å². The molecule has 0 aromatic heterocycles. The molecule has 0 aliphatic carbocycles. The van der Waals surface area contributed by atoms with E-state index in [2.05, 4.69) is 0 Å². The van der Waals surface area contributed by atoms with Gasteiger partial charge in [-0.05, 0) is 32.0 Å². The molecule has 2 unspecified atom stereocenters. The Labute approximate surface area is 99.6 Å². The summed E-state index contributed by atoms with van der Waals surface area (Å²) in [7, 11) is 1.43. The van der Waals surface area contributed by atoms with Crippen LogP contribution in [0.25, 0.3) is 0 Å². The Morgan fingerprint density at radius 3 is 2.41 bits per heavy atom. The molecule has 0 bridgehead atoms. The second kappa shape index (κ2) is 5.54. The van der Waals surface area contributed by atoms with E-state index in [-0.39, 0.29) is 5.56 Å². The maximum absolute atomic E-state index is 10.8. The molecule has 0 heterocycles. The summed E-state index contributed by atoms with van der Waals surface area (Å²) in [4.78, 5) is 10.8. The van der Waals surface area contributed by atoms with Crippen molar-refractivity contribution in [3.05, 3.63) is 23.8 Å². The van der Waals surface area contributed by atoms with Crippen molar-refractivity contribution in [3.8, 4) is 11.5 Å². The zero-order chi connectivity index (χ0) is 13.0. The number of methoxy groups -OCH3 is 1. The molecule has 0 aliphatic heterocycles. The highest BCUT2D eigenvalue weighted by Gasteiger charge is 2.15. The molecule has 0 aliphatic rings. The molecule has 0 saturated heterocycles. The third-order valence-electron chi connectivity index (χ3n) is 2.40. The summed E-state index contributed by atoms with van der Waals surface area (Å²) in [6.07, 6.45) is -1.03. The SMILES string of the molecule is COc1cc(C(=O)O)ccc1OC(C)C(C)O. The number of aliphatic hydroxyl groups excluding tert-OH is 1. The van der Waals surface area contributed by atoms with E-state index in [4.69, 9.17) is 14.6 Å². The average Bonchev–Trinajstić information content (AvgIpc) is 2.28. The summed E-state index contributed by atoms with van der Waals surface area (Å²) in [6, 6.07) is 4.32. The first-order valence-corrected chi connectivity index (χ1v) is 5.21. The smallest absolute Gasteiger partial charge is 0.335 e. The van der Waals surface area contributed by atoms with Gasteiger partial charge in [-0.25, -0.2) is 4.79 Å². The summed E-state index contributed by atoms with van der Waals surface area (Å²) in [5, 5.41) is 18.2. The van der Waals surface area contributed by atoms with Crippen LogP contribution >= 0.6 is 0 Å². The summed E-state index contributed by atoms with van der Waals surface area (Å²) in [5.74, 6) is -0.290. The third-order valence-corrected chi connectivity index (χ3v) is 2.40. The second-order valence-electron chi connectivity index (χ2n) is 3.73. The number of carboxylic acids is 1. The topological polar surface area (TPSA) is 76.0 Å². The number of hydrogen-bond acceptors (Lipinski definition) is 4. The minimum atomic E-state index is -1.03. The third kappa shape index (κ3) is 3.35. The molecule has 0 fully saturated rings. The average molecular weight is 240 g/mol. The van der Waals surface area contributed by atoms with Gasteiger partial charge in [-0.15, -0.1) is 0 Å². The van der Waals surface area contributed by atoms with Crippen molar-refractivity contribution in [1.29, 1.82) is 0 Å². The van der Waals surface area contributed by atoms with Gasteiger partial charge < -0.3 is 19.7 Å². The summed E-state index contributed by atoms with van der Waals surface area (Å²) >= 11 is 0. The van der Waals surface area contributed by atoms with Crippen LogP contribution in [0.2, 0.25) is 0 Å². The second-order valence-corrected chi connectivity index (χ2v) is 3.73.